The molecule has 25 heavy (non-hydrogen) atoms. The molecule has 0 aromatic rings. The topological polar surface area (TPSA) is 40.5 Å². The van der Waals surface area contributed by atoms with Crippen LogP contribution in [0.15, 0.2) is 23.2 Å². The van der Waals surface area contributed by atoms with E-state index in [0.29, 0.717) is 17.3 Å². The number of rotatable bonds is 1. The third-order valence-corrected chi connectivity index (χ3v) is 8.63. The number of fused-ring (bicyclic) bond motifs is 5. The van der Waals surface area contributed by atoms with Gasteiger partial charge in [-0.15, -0.1) is 0 Å². The average Bonchev–Trinajstić information content (AvgIpc) is 2.83. The van der Waals surface area contributed by atoms with Crippen LogP contribution in [0.1, 0.15) is 71.6 Å². The molecule has 0 aromatic heterocycles. The van der Waals surface area contributed by atoms with Crippen LogP contribution >= 0.6 is 0 Å². The number of allylic oxidation sites excluding steroid dienone is 3. The van der Waals surface area contributed by atoms with Gasteiger partial charge in [0.15, 0.2) is 0 Å². The van der Waals surface area contributed by atoms with Gasteiger partial charge >= 0.3 is 5.95 Å². The van der Waals surface area contributed by atoms with Crippen molar-refractivity contribution in [2.24, 2.45) is 34.5 Å². The van der Waals surface area contributed by atoms with Gasteiger partial charge in [-0.25, -0.2) is 4.39 Å². The molecule has 0 aromatic carbocycles. The molecule has 4 aliphatic carbocycles. The first kappa shape index (κ1) is 17.4. The zero-order valence-corrected chi connectivity index (χ0v) is 15.3. The van der Waals surface area contributed by atoms with E-state index in [0.717, 1.165) is 25.2 Å². The fourth-order valence-corrected chi connectivity index (χ4v) is 7.39. The Labute approximate surface area is 149 Å². The van der Waals surface area contributed by atoms with Crippen molar-refractivity contribution in [3.8, 4) is 0 Å². The zero-order valence-electron chi connectivity index (χ0n) is 15.3. The molecule has 0 aliphatic heterocycles. The molecule has 2 N–H and O–H groups in total. The maximum Gasteiger partial charge on any atom is 0.312 e. The van der Waals surface area contributed by atoms with Gasteiger partial charge in [-0.3, -0.25) is 0 Å². The van der Waals surface area contributed by atoms with E-state index in [1.165, 1.54) is 32.1 Å². The van der Waals surface area contributed by atoms with Gasteiger partial charge in [0, 0.05) is 17.4 Å². The molecule has 0 amide bonds. The first-order chi connectivity index (χ1) is 11.8. The van der Waals surface area contributed by atoms with E-state index in [1.807, 2.05) is 6.92 Å². The minimum Gasteiger partial charge on any atom is -0.479 e. The van der Waals surface area contributed by atoms with Crippen LogP contribution in [0, 0.1) is 34.5 Å². The Hall–Kier alpha value is -1.06. The lowest BCUT2D eigenvalue weighted by Gasteiger charge is -2.60. The molecule has 4 aliphatic rings. The summed E-state index contributed by atoms with van der Waals surface area (Å²) in [6.07, 6.45) is 9.57. The molecule has 0 radical (unpaired) electrons. The number of aliphatic hydroxyl groups excluding tert-OH is 1. The third kappa shape index (κ3) is 2.31. The summed E-state index contributed by atoms with van der Waals surface area (Å²) in [6.45, 7) is 4.39. The molecule has 4 rings (SSSR count). The fraction of sp³-hybridized carbons (Fsp3) is 0.810. The van der Waals surface area contributed by atoms with Crippen molar-refractivity contribution in [3.05, 3.63) is 23.2 Å². The Kier molecular flexibility index (Phi) is 3.97. The van der Waals surface area contributed by atoms with E-state index < -0.39 is 23.0 Å². The highest BCUT2D eigenvalue weighted by Crippen LogP contribution is 2.68. The standard InChI is InChI=1S/C21H30F2O2/c1-20-9-4-3-5-12(20)6-7-13-14(20)8-10-21(2)15(13)11-16(22)17(21)18(23)19(24)25/h12-15,24-25H,3-11H2,1-2H3/t12?,13-,14+,15+,20+,21+/m1/s1. The van der Waals surface area contributed by atoms with E-state index in [4.69, 9.17) is 0 Å². The number of halogens is 2. The molecule has 0 spiro atoms. The molecule has 140 valence electrons. The summed E-state index contributed by atoms with van der Waals surface area (Å²) >= 11 is 0. The van der Waals surface area contributed by atoms with Crippen molar-refractivity contribution in [2.45, 2.75) is 71.6 Å². The van der Waals surface area contributed by atoms with Gasteiger partial charge in [0.25, 0.3) is 0 Å². The van der Waals surface area contributed by atoms with E-state index >= 15 is 0 Å². The Balaban J connectivity index is 1.68. The fourth-order valence-electron chi connectivity index (χ4n) is 7.39. The van der Waals surface area contributed by atoms with E-state index in [-0.39, 0.29) is 17.9 Å². The SMILES string of the molecule is C[C@]12CCCCC1CC[C@@H]1[C@@H]2CC[C@]2(C)C(C(F)=C(O)O)=C(F)C[C@@H]12. The molecule has 0 heterocycles. The quantitative estimate of drug-likeness (QED) is 0.528. The maximum absolute atomic E-state index is 14.7. The Morgan fingerprint density at radius 1 is 1.00 bits per heavy atom. The molecule has 3 saturated carbocycles. The lowest BCUT2D eigenvalue weighted by Crippen LogP contribution is -2.52. The number of hydrogen-bond donors (Lipinski definition) is 2. The Morgan fingerprint density at radius 2 is 1.76 bits per heavy atom. The second kappa shape index (κ2) is 5.72. The van der Waals surface area contributed by atoms with Gasteiger partial charge in [-0.05, 0) is 67.6 Å². The van der Waals surface area contributed by atoms with Crippen molar-refractivity contribution in [1.29, 1.82) is 0 Å². The predicted octanol–water partition coefficient (Wildman–Crippen LogP) is 6.51. The summed E-state index contributed by atoms with van der Waals surface area (Å²) in [5.74, 6) is -1.09. The third-order valence-electron chi connectivity index (χ3n) is 8.63. The van der Waals surface area contributed by atoms with Gasteiger partial charge in [-0.1, -0.05) is 26.7 Å². The molecular formula is C21H30F2O2. The van der Waals surface area contributed by atoms with Crippen molar-refractivity contribution in [2.75, 3.05) is 0 Å². The second-order valence-corrected chi connectivity index (χ2v) is 9.48. The minimum absolute atomic E-state index is 0.0631. The van der Waals surface area contributed by atoms with Crippen molar-refractivity contribution >= 4 is 0 Å². The number of aliphatic hydroxyl groups is 2. The maximum atomic E-state index is 14.7. The normalized spacial score (nSPS) is 46.2. The molecule has 2 nitrogen and oxygen atoms in total. The van der Waals surface area contributed by atoms with Gasteiger partial charge in [0.1, 0.15) is 5.83 Å². The van der Waals surface area contributed by atoms with Gasteiger partial charge < -0.3 is 10.2 Å². The van der Waals surface area contributed by atoms with Gasteiger partial charge in [0.2, 0.25) is 5.83 Å². The lowest BCUT2D eigenvalue weighted by molar-refractivity contribution is -0.0992. The average molecular weight is 352 g/mol. The summed E-state index contributed by atoms with van der Waals surface area (Å²) in [5, 5.41) is 18.4. The van der Waals surface area contributed by atoms with Crippen LogP contribution < -0.4 is 0 Å². The van der Waals surface area contributed by atoms with Crippen molar-refractivity contribution in [1.82, 2.24) is 0 Å². The number of hydrogen-bond acceptors (Lipinski definition) is 2. The highest BCUT2D eigenvalue weighted by Gasteiger charge is 2.60. The van der Waals surface area contributed by atoms with Crippen LogP contribution in [0.4, 0.5) is 8.78 Å². The van der Waals surface area contributed by atoms with Crippen molar-refractivity contribution < 1.29 is 19.0 Å². The Morgan fingerprint density at radius 3 is 2.48 bits per heavy atom. The highest BCUT2D eigenvalue weighted by atomic mass is 19.1. The van der Waals surface area contributed by atoms with Gasteiger partial charge in [-0.2, -0.15) is 4.39 Å². The molecule has 4 heteroatoms. The van der Waals surface area contributed by atoms with Crippen LogP contribution in [0.2, 0.25) is 0 Å². The second-order valence-electron chi connectivity index (χ2n) is 9.48. The summed E-state index contributed by atoms with van der Waals surface area (Å²) in [6, 6.07) is 0. The summed E-state index contributed by atoms with van der Waals surface area (Å²) in [4.78, 5) is 0. The van der Waals surface area contributed by atoms with Crippen molar-refractivity contribution in [3.63, 3.8) is 0 Å². The van der Waals surface area contributed by atoms with E-state index in [1.54, 1.807) is 0 Å². The van der Waals surface area contributed by atoms with Gasteiger partial charge in [0.05, 0.1) is 0 Å². The monoisotopic (exact) mass is 352 g/mol. The van der Waals surface area contributed by atoms with Crippen LogP contribution in [0.5, 0.6) is 0 Å². The largest absolute Gasteiger partial charge is 0.479 e. The lowest BCUT2D eigenvalue weighted by atomic mass is 9.45. The summed E-state index contributed by atoms with van der Waals surface area (Å²) in [7, 11) is 0. The minimum atomic E-state index is -1.38. The first-order valence-electron chi connectivity index (χ1n) is 9.96. The van der Waals surface area contributed by atoms with Crippen LogP contribution in [-0.2, 0) is 0 Å². The molecule has 0 bridgehead atoms. The Bertz CT molecular complexity index is 636. The predicted molar refractivity (Wildman–Crippen MR) is 93.3 cm³/mol. The molecule has 0 saturated heterocycles. The highest BCUT2D eigenvalue weighted by molar-refractivity contribution is 5.40. The molecule has 1 unspecified atom stereocenters. The van der Waals surface area contributed by atoms with Crippen LogP contribution in [-0.4, -0.2) is 10.2 Å². The zero-order chi connectivity index (χ0) is 18.0. The van der Waals surface area contributed by atoms with Crippen LogP contribution in [0.25, 0.3) is 0 Å². The summed E-state index contributed by atoms with van der Waals surface area (Å²) < 4.78 is 29.1. The van der Waals surface area contributed by atoms with E-state index in [9.17, 15) is 19.0 Å². The van der Waals surface area contributed by atoms with Crippen LogP contribution in [0.3, 0.4) is 0 Å². The molecular weight excluding hydrogens is 322 g/mol. The summed E-state index contributed by atoms with van der Waals surface area (Å²) in [5.41, 5.74) is -0.314. The molecule has 3 fully saturated rings. The first-order valence-corrected chi connectivity index (χ1v) is 9.96. The van der Waals surface area contributed by atoms with E-state index in [2.05, 4.69) is 6.92 Å². The molecule has 6 atom stereocenters. The smallest absolute Gasteiger partial charge is 0.312 e.